The predicted molar refractivity (Wildman–Crippen MR) is 38.6 cm³/mol. The Hall–Kier alpha value is -1.56. The molecule has 21 heavy (non-hydrogen) atoms. The molecule has 1 saturated heterocycles. The van der Waals surface area contributed by atoms with Crippen LogP contribution in [0.2, 0.25) is 0 Å². The zero-order valence-electron chi connectivity index (χ0n) is 9.00. The normalized spacial score (nSPS) is 42.4. The van der Waals surface area contributed by atoms with Crippen LogP contribution in [0.4, 0.5) is 43.9 Å². The third-order valence-corrected chi connectivity index (χ3v) is 3.27. The minimum absolute atomic E-state index is 2.82. The van der Waals surface area contributed by atoms with Gasteiger partial charge in [-0.25, -0.2) is 18.4 Å². The molecule has 1 saturated carbocycles. The summed E-state index contributed by atoms with van der Waals surface area (Å²) in [5, 5.41) is 0. The number of cyclic esters (lactones) is 2. The second-order valence-electron chi connectivity index (χ2n) is 4.29. The monoisotopic (exact) mass is 334 g/mol. The Bertz CT molecular complexity index is 509. The standard InChI is InChI=1S/C8F10O3/c9-3-1(19)21-2(20)4(3,10)6(13,14)8(17,18)7(15,16)5(3,11)12. The number of carbonyl (C=O) groups excluding carboxylic acids is 2. The van der Waals surface area contributed by atoms with E-state index in [2.05, 4.69) is 4.74 Å². The summed E-state index contributed by atoms with van der Waals surface area (Å²) in [6.07, 6.45) is 0. The van der Waals surface area contributed by atoms with Crippen LogP contribution in [0.5, 0.6) is 0 Å². The number of ether oxygens (including phenoxy) is 1. The van der Waals surface area contributed by atoms with Gasteiger partial charge < -0.3 is 4.74 Å². The minimum Gasteiger partial charge on any atom is -0.388 e. The Morgan fingerprint density at radius 1 is 0.524 bits per heavy atom. The number of fused-ring (bicyclic) bond motifs is 1. The molecule has 1 aliphatic carbocycles. The fourth-order valence-electron chi connectivity index (χ4n) is 2.02. The molecule has 3 nitrogen and oxygen atoms in total. The first-order valence-electron chi connectivity index (χ1n) is 4.71. The van der Waals surface area contributed by atoms with Gasteiger partial charge in [-0.15, -0.1) is 0 Å². The summed E-state index contributed by atoms with van der Waals surface area (Å²) in [6.45, 7) is 0. The van der Waals surface area contributed by atoms with Crippen molar-refractivity contribution in [1.82, 2.24) is 0 Å². The maximum absolute atomic E-state index is 13.8. The molecule has 1 heterocycles. The van der Waals surface area contributed by atoms with Crippen molar-refractivity contribution in [1.29, 1.82) is 0 Å². The molecule has 2 aliphatic rings. The quantitative estimate of drug-likeness (QED) is 0.387. The van der Waals surface area contributed by atoms with Crippen LogP contribution in [0.3, 0.4) is 0 Å². The van der Waals surface area contributed by atoms with Crippen LogP contribution in [0, 0.1) is 0 Å². The van der Waals surface area contributed by atoms with Crippen molar-refractivity contribution in [2.75, 3.05) is 0 Å². The predicted octanol–water partition coefficient (Wildman–Crippen LogP) is 2.04. The lowest BCUT2D eigenvalue weighted by molar-refractivity contribution is -0.445. The number of carbonyl (C=O) groups is 2. The fourth-order valence-corrected chi connectivity index (χ4v) is 2.02. The van der Waals surface area contributed by atoms with Gasteiger partial charge in [0.2, 0.25) is 0 Å². The maximum Gasteiger partial charge on any atom is 0.382 e. The number of hydrogen-bond acceptors (Lipinski definition) is 3. The first-order valence-corrected chi connectivity index (χ1v) is 4.71. The number of alkyl halides is 10. The van der Waals surface area contributed by atoms with Crippen LogP contribution in [-0.2, 0) is 14.3 Å². The van der Waals surface area contributed by atoms with Gasteiger partial charge in [0.1, 0.15) is 0 Å². The highest BCUT2D eigenvalue weighted by molar-refractivity contribution is 6.08. The van der Waals surface area contributed by atoms with E-state index in [1.165, 1.54) is 0 Å². The van der Waals surface area contributed by atoms with E-state index in [-0.39, 0.29) is 0 Å². The van der Waals surface area contributed by atoms with Gasteiger partial charge in [0.15, 0.2) is 0 Å². The average molecular weight is 334 g/mol. The lowest BCUT2D eigenvalue weighted by Gasteiger charge is -2.49. The molecule has 13 heteroatoms. The minimum atomic E-state index is -7.18. The topological polar surface area (TPSA) is 43.4 Å². The Labute approximate surface area is 106 Å². The van der Waals surface area contributed by atoms with Gasteiger partial charge in [-0.2, -0.15) is 35.1 Å². The number of hydrogen-bond donors (Lipinski definition) is 0. The summed E-state index contributed by atoms with van der Waals surface area (Å²) in [5.74, 6) is -35.2. The first-order chi connectivity index (χ1) is 9.05. The summed E-state index contributed by atoms with van der Waals surface area (Å²) in [6, 6.07) is 0. The zero-order chi connectivity index (χ0) is 16.9. The van der Waals surface area contributed by atoms with E-state index >= 15 is 0 Å². The molecule has 120 valence electrons. The zero-order valence-corrected chi connectivity index (χ0v) is 9.00. The Balaban J connectivity index is 2.96. The molecule has 0 radical (unpaired) electrons. The van der Waals surface area contributed by atoms with E-state index in [0.717, 1.165) is 0 Å². The van der Waals surface area contributed by atoms with E-state index in [4.69, 9.17) is 0 Å². The highest BCUT2D eigenvalue weighted by Crippen LogP contribution is 2.70. The van der Waals surface area contributed by atoms with Gasteiger partial charge in [-0.05, 0) is 0 Å². The molecule has 2 rings (SSSR count). The second kappa shape index (κ2) is 3.27. The van der Waals surface area contributed by atoms with Gasteiger partial charge in [0.05, 0.1) is 0 Å². The van der Waals surface area contributed by atoms with Crippen molar-refractivity contribution in [3.63, 3.8) is 0 Å². The van der Waals surface area contributed by atoms with Crippen LogP contribution >= 0.6 is 0 Å². The highest BCUT2D eigenvalue weighted by Gasteiger charge is 3.06. The number of halogens is 10. The summed E-state index contributed by atoms with van der Waals surface area (Å²) in [5.41, 5.74) is -12.6. The first kappa shape index (κ1) is 15.8. The van der Waals surface area contributed by atoms with Gasteiger partial charge in [-0.1, -0.05) is 0 Å². The van der Waals surface area contributed by atoms with Crippen LogP contribution in [0.1, 0.15) is 0 Å². The molecular formula is C8F10O3. The van der Waals surface area contributed by atoms with Gasteiger partial charge in [0.25, 0.3) is 0 Å². The van der Waals surface area contributed by atoms with Crippen molar-refractivity contribution >= 4 is 11.9 Å². The Kier molecular flexibility index (Phi) is 2.46. The van der Waals surface area contributed by atoms with E-state index in [1.807, 2.05) is 0 Å². The van der Waals surface area contributed by atoms with Gasteiger partial charge in [-0.3, -0.25) is 0 Å². The summed E-state index contributed by atoms with van der Waals surface area (Å²) in [7, 11) is 0. The molecule has 0 aromatic rings. The van der Waals surface area contributed by atoms with Crippen LogP contribution in [-0.4, -0.2) is 47.0 Å². The third kappa shape index (κ3) is 1.06. The second-order valence-corrected chi connectivity index (χ2v) is 4.29. The molecule has 2 fully saturated rings. The SMILES string of the molecule is O=C1OC(=O)C2(F)C(F)(F)C(F)(F)C(F)(F)C(F)(F)C12F. The lowest BCUT2D eigenvalue weighted by atomic mass is 9.67. The largest absolute Gasteiger partial charge is 0.388 e. The highest BCUT2D eigenvalue weighted by atomic mass is 19.4. The van der Waals surface area contributed by atoms with Crippen LogP contribution in [0.15, 0.2) is 0 Å². The Morgan fingerprint density at radius 3 is 1.00 bits per heavy atom. The van der Waals surface area contributed by atoms with Gasteiger partial charge in [0, 0.05) is 0 Å². The molecular weight excluding hydrogens is 334 g/mol. The molecule has 0 spiro atoms. The van der Waals surface area contributed by atoms with Crippen molar-refractivity contribution < 1.29 is 58.2 Å². The smallest absolute Gasteiger partial charge is 0.382 e. The maximum atomic E-state index is 13.8. The van der Waals surface area contributed by atoms with Crippen molar-refractivity contribution in [2.24, 2.45) is 0 Å². The van der Waals surface area contributed by atoms with E-state index < -0.39 is 47.0 Å². The molecule has 0 amide bonds. The van der Waals surface area contributed by atoms with Crippen molar-refractivity contribution in [3.05, 3.63) is 0 Å². The van der Waals surface area contributed by atoms with Gasteiger partial charge >= 0.3 is 47.0 Å². The number of rotatable bonds is 0. The average Bonchev–Trinajstić information content (AvgIpc) is 2.50. The van der Waals surface area contributed by atoms with Crippen LogP contribution in [0.25, 0.3) is 0 Å². The molecule has 0 N–H and O–H groups in total. The summed E-state index contributed by atoms with van der Waals surface area (Å²) < 4.78 is 135. The fraction of sp³-hybridized carbons (Fsp3) is 0.750. The van der Waals surface area contributed by atoms with Crippen molar-refractivity contribution in [3.8, 4) is 0 Å². The number of esters is 2. The molecule has 0 aromatic carbocycles. The van der Waals surface area contributed by atoms with E-state index in [1.54, 1.807) is 0 Å². The summed E-state index contributed by atoms with van der Waals surface area (Å²) >= 11 is 0. The van der Waals surface area contributed by atoms with E-state index in [9.17, 15) is 53.5 Å². The molecule has 2 unspecified atom stereocenters. The van der Waals surface area contributed by atoms with Crippen LogP contribution < -0.4 is 0 Å². The molecule has 2 atom stereocenters. The molecule has 1 aliphatic heterocycles. The lowest BCUT2D eigenvalue weighted by Crippen LogP contribution is -2.85. The molecule has 0 aromatic heterocycles. The summed E-state index contributed by atoms with van der Waals surface area (Å²) in [4.78, 5) is 21.4. The van der Waals surface area contributed by atoms with Crippen molar-refractivity contribution in [2.45, 2.75) is 35.0 Å². The third-order valence-electron chi connectivity index (χ3n) is 3.27. The molecule has 0 bridgehead atoms. The Morgan fingerprint density at radius 2 is 0.762 bits per heavy atom. The van der Waals surface area contributed by atoms with E-state index in [0.29, 0.717) is 0 Å².